The van der Waals surface area contributed by atoms with Crippen LogP contribution in [0.2, 0.25) is 0 Å². The zero-order valence-electron chi connectivity index (χ0n) is 19.8. The smallest absolute Gasteiger partial charge is 0.422 e. The van der Waals surface area contributed by atoms with E-state index in [1.54, 1.807) is 42.7 Å². The molecule has 0 radical (unpaired) electrons. The summed E-state index contributed by atoms with van der Waals surface area (Å²) >= 11 is 0. The minimum atomic E-state index is -4.38. The second-order valence-corrected chi connectivity index (χ2v) is 8.47. The Morgan fingerprint density at radius 3 is 2.28 bits per heavy atom. The first-order valence-corrected chi connectivity index (χ1v) is 11.8. The predicted molar refractivity (Wildman–Crippen MR) is 131 cm³/mol. The zero-order chi connectivity index (χ0) is 25.5. The topological polar surface area (TPSA) is 44.2 Å². The SMILES string of the molecule is CCCCOc1cnc(-c2ccc3c(F)c(CCc4ccc(OCC(F)(F)F)cc4)ccc3c2)nc1. The van der Waals surface area contributed by atoms with Crippen molar-refractivity contribution in [2.75, 3.05) is 13.2 Å². The van der Waals surface area contributed by atoms with E-state index < -0.39 is 12.8 Å². The summed E-state index contributed by atoms with van der Waals surface area (Å²) in [6, 6.07) is 15.4. The molecular formula is C28H26F4N2O2. The Morgan fingerprint density at radius 1 is 0.833 bits per heavy atom. The fraction of sp³-hybridized carbons (Fsp3) is 0.286. The molecule has 0 unspecified atom stereocenters. The van der Waals surface area contributed by atoms with Gasteiger partial charge in [0.1, 0.15) is 11.6 Å². The average molecular weight is 499 g/mol. The third-order valence-electron chi connectivity index (χ3n) is 5.70. The Balaban J connectivity index is 1.41. The third-order valence-corrected chi connectivity index (χ3v) is 5.70. The van der Waals surface area contributed by atoms with Gasteiger partial charge in [0.25, 0.3) is 0 Å². The number of alkyl halides is 3. The Bertz CT molecular complexity index is 1290. The number of nitrogens with zero attached hydrogens (tertiary/aromatic N) is 2. The lowest BCUT2D eigenvalue weighted by Crippen LogP contribution is -2.19. The number of rotatable bonds is 10. The van der Waals surface area contributed by atoms with E-state index in [4.69, 9.17) is 9.47 Å². The van der Waals surface area contributed by atoms with Crippen LogP contribution in [0, 0.1) is 5.82 Å². The maximum absolute atomic E-state index is 15.2. The summed E-state index contributed by atoms with van der Waals surface area (Å²) in [5.41, 5.74) is 2.23. The summed E-state index contributed by atoms with van der Waals surface area (Å²) in [5.74, 6) is 1.01. The predicted octanol–water partition coefficient (Wildman–Crippen LogP) is 7.34. The lowest BCUT2D eigenvalue weighted by Gasteiger charge is -2.10. The maximum Gasteiger partial charge on any atom is 0.422 e. The Labute approximate surface area is 206 Å². The third kappa shape index (κ3) is 6.71. The molecule has 0 aliphatic rings. The molecule has 0 aliphatic carbocycles. The van der Waals surface area contributed by atoms with Gasteiger partial charge in [-0.25, -0.2) is 14.4 Å². The maximum atomic E-state index is 15.2. The van der Waals surface area contributed by atoms with Crippen molar-refractivity contribution < 1.29 is 27.0 Å². The van der Waals surface area contributed by atoms with Crippen molar-refractivity contribution in [3.8, 4) is 22.9 Å². The molecule has 0 aliphatic heterocycles. The van der Waals surface area contributed by atoms with Gasteiger partial charge in [-0.1, -0.05) is 49.7 Å². The summed E-state index contributed by atoms with van der Waals surface area (Å²) in [7, 11) is 0. The molecular weight excluding hydrogens is 472 g/mol. The minimum absolute atomic E-state index is 0.145. The van der Waals surface area contributed by atoms with Crippen molar-refractivity contribution >= 4 is 10.8 Å². The van der Waals surface area contributed by atoms with Crippen LogP contribution in [0.4, 0.5) is 17.6 Å². The van der Waals surface area contributed by atoms with E-state index in [1.165, 1.54) is 12.1 Å². The van der Waals surface area contributed by atoms with E-state index >= 15 is 4.39 Å². The van der Waals surface area contributed by atoms with Crippen molar-refractivity contribution in [2.45, 2.75) is 38.8 Å². The Kier molecular flexibility index (Phi) is 8.03. The first-order chi connectivity index (χ1) is 17.3. The highest BCUT2D eigenvalue weighted by Gasteiger charge is 2.28. The van der Waals surface area contributed by atoms with Crippen LogP contribution in [0.3, 0.4) is 0 Å². The van der Waals surface area contributed by atoms with E-state index in [0.29, 0.717) is 42.0 Å². The number of hydrogen-bond acceptors (Lipinski definition) is 4. The molecule has 1 heterocycles. The highest BCUT2D eigenvalue weighted by Crippen LogP contribution is 2.27. The van der Waals surface area contributed by atoms with Crippen LogP contribution in [0.1, 0.15) is 30.9 Å². The van der Waals surface area contributed by atoms with E-state index in [0.717, 1.165) is 29.4 Å². The number of aromatic nitrogens is 2. The lowest BCUT2D eigenvalue weighted by atomic mass is 9.99. The van der Waals surface area contributed by atoms with Crippen LogP contribution < -0.4 is 9.47 Å². The number of benzene rings is 3. The zero-order valence-corrected chi connectivity index (χ0v) is 19.8. The molecule has 0 fully saturated rings. The average Bonchev–Trinajstić information content (AvgIpc) is 2.88. The summed E-state index contributed by atoms with van der Waals surface area (Å²) in [5, 5.41) is 1.25. The van der Waals surface area contributed by atoms with Crippen LogP contribution in [0.25, 0.3) is 22.2 Å². The molecule has 0 amide bonds. The molecule has 0 atom stereocenters. The van der Waals surface area contributed by atoms with Crippen molar-refractivity contribution in [2.24, 2.45) is 0 Å². The van der Waals surface area contributed by atoms with Crippen LogP contribution in [0.15, 0.2) is 67.0 Å². The van der Waals surface area contributed by atoms with Crippen molar-refractivity contribution in [3.05, 3.63) is 83.9 Å². The van der Waals surface area contributed by atoms with Gasteiger partial charge in [-0.3, -0.25) is 0 Å². The number of halogens is 4. The quantitative estimate of drug-likeness (QED) is 0.170. The van der Waals surface area contributed by atoms with Crippen LogP contribution in [-0.4, -0.2) is 29.4 Å². The van der Waals surface area contributed by atoms with Gasteiger partial charge < -0.3 is 9.47 Å². The first kappa shape index (κ1) is 25.4. The molecule has 4 nitrogen and oxygen atoms in total. The second-order valence-electron chi connectivity index (χ2n) is 8.47. The van der Waals surface area contributed by atoms with E-state index in [-0.39, 0.29) is 11.6 Å². The molecule has 4 rings (SSSR count). The molecule has 0 saturated heterocycles. The fourth-order valence-electron chi connectivity index (χ4n) is 3.74. The van der Waals surface area contributed by atoms with Gasteiger partial charge in [0.2, 0.25) is 0 Å². The van der Waals surface area contributed by atoms with E-state index in [1.807, 2.05) is 12.1 Å². The second kappa shape index (κ2) is 11.4. The summed E-state index contributed by atoms with van der Waals surface area (Å²) in [6.07, 6.45) is 1.91. The Hall–Kier alpha value is -3.68. The molecule has 8 heteroatoms. The molecule has 0 saturated carbocycles. The van der Waals surface area contributed by atoms with E-state index in [9.17, 15) is 13.2 Å². The van der Waals surface area contributed by atoms with E-state index in [2.05, 4.69) is 16.9 Å². The molecule has 3 aromatic carbocycles. The molecule has 0 spiro atoms. The molecule has 36 heavy (non-hydrogen) atoms. The molecule has 0 bridgehead atoms. The van der Waals surface area contributed by atoms with Gasteiger partial charge in [-0.05, 0) is 54.0 Å². The summed E-state index contributed by atoms with van der Waals surface area (Å²) < 4.78 is 62.4. The van der Waals surface area contributed by atoms with Crippen molar-refractivity contribution in [3.63, 3.8) is 0 Å². The van der Waals surface area contributed by atoms with Crippen LogP contribution in [-0.2, 0) is 12.8 Å². The van der Waals surface area contributed by atoms with Gasteiger partial charge in [0.05, 0.1) is 19.0 Å². The molecule has 4 aromatic rings. The molecule has 0 N–H and O–H groups in total. The number of hydrogen-bond donors (Lipinski definition) is 0. The Morgan fingerprint density at radius 2 is 1.58 bits per heavy atom. The highest BCUT2D eigenvalue weighted by molar-refractivity contribution is 5.87. The van der Waals surface area contributed by atoms with Gasteiger partial charge in [-0.2, -0.15) is 13.2 Å². The van der Waals surface area contributed by atoms with Crippen molar-refractivity contribution in [1.29, 1.82) is 0 Å². The van der Waals surface area contributed by atoms with Crippen molar-refractivity contribution in [1.82, 2.24) is 9.97 Å². The van der Waals surface area contributed by atoms with Gasteiger partial charge >= 0.3 is 6.18 Å². The number of aryl methyl sites for hydroxylation is 2. The highest BCUT2D eigenvalue weighted by atomic mass is 19.4. The number of unbranched alkanes of at least 4 members (excludes halogenated alkanes) is 1. The lowest BCUT2D eigenvalue weighted by molar-refractivity contribution is -0.153. The minimum Gasteiger partial charge on any atom is -0.490 e. The van der Waals surface area contributed by atoms with Crippen LogP contribution >= 0.6 is 0 Å². The monoisotopic (exact) mass is 498 g/mol. The first-order valence-electron chi connectivity index (χ1n) is 11.8. The normalized spacial score (nSPS) is 11.6. The summed E-state index contributed by atoms with van der Waals surface area (Å²) in [6.45, 7) is 1.39. The molecule has 188 valence electrons. The number of ether oxygens (including phenoxy) is 2. The number of fused-ring (bicyclic) bond motifs is 1. The van der Waals surface area contributed by atoms with Crippen LogP contribution in [0.5, 0.6) is 11.5 Å². The van der Waals surface area contributed by atoms with Gasteiger partial charge in [-0.15, -0.1) is 0 Å². The fourth-order valence-corrected chi connectivity index (χ4v) is 3.74. The van der Waals surface area contributed by atoms with Gasteiger partial charge in [0.15, 0.2) is 18.2 Å². The largest absolute Gasteiger partial charge is 0.490 e. The molecule has 1 aromatic heterocycles. The standard InChI is InChI=1S/C28H26F4N2O2/c1-2-3-14-35-24-16-33-27(34-17-24)22-10-13-25-21(15-22)9-8-20(26(25)29)7-4-19-5-11-23(12-6-19)36-18-28(30,31)32/h5-6,8-13,15-17H,2-4,7,14,18H2,1H3. The van der Waals surface area contributed by atoms with Gasteiger partial charge in [0, 0.05) is 10.9 Å². The summed E-state index contributed by atoms with van der Waals surface area (Å²) in [4.78, 5) is 8.75.